The summed E-state index contributed by atoms with van der Waals surface area (Å²) in [6.45, 7) is -1.29. The van der Waals surface area contributed by atoms with E-state index in [4.69, 9.17) is 4.74 Å². The van der Waals surface area contributed by atoms with Crippen molar-refractivity contribution < 1.29 is 40.6 Å². The molecule has 0 N–H and O–H groups in total. The number of hydrogen-bond acceptors (Lipinski definition) is 7. The van der Waals surface area contributed by atoms with Crippen molar-refractivity contribution in [2.45, 2.75) is 31.9 Å². The molecule has 0 atom stereocenters. The molecule has 0 aliphatic carbocycles. The van der Waals surface area contributed by atoms with Crippen molar-refractivity contribution in [1.82, 2.24) is 24.4 Å². The molecule has 0 unspecified atom stereocenters. The number of aromatic nitrogens is 4. The number of nitrogens with zero attached hydrogens (tertiary/aromatic N) is 5. The van der Waals surface area contributed by atoms with E-state index in [1.54, 1.807) is 36.7 Å². The van der Waals surface area contributed by atoms with Crippen LogP contribution in [-0.4, -0.2) is 56.0 Å². The molecule has 15 heteroatoms. The van der Waals surface area contributed by atoms with Gasteiger partial charge >= 0.3 is 12.5 Å². The molecule has 0 saturated heterocycles. The molecule has 0 aliphatic rings. The molecule has 47 heavy (non-hydrogen) atoms. The number of benzene rings is 2. The van der Waals surface area contributed by atoms with Gasteiger partial charge in [-0.25, -0.2) is 9.97 Å². The minimum absolute atomic E-state index is 0.0534. The van der Waals surface area contributed by atoms with Crippen LogP contribution in [0.3, 0.4) is 0 Å². The summed E-state index contributed by atoms with van der Waals surface area (Å²) in [6.07, 6.45) is -4.84. The zero-order valence-electron chi connectivity index (χ0n) is 24.3. The Kier molecular flexibility index (Phi) is 9.72. The van der Waals surface area contributed by atoms with E-state index in [0.29, 0.717) is 16.8 Å². The summed E-state index contributed by atoms with van der Waals surface area (Å²) in [5.41, 5.74) is 1.13. The molecular weight excluding hydrogens is 632 g/mol. The van der Waals surface area contributed by atoms with Crippen LogP contribution in [0.1, 0.15) is 17.0 Å². The Morgan fingerprint density at radius 1 is 0.851 bits per heavy atom. The van der Waals surface area contributed by atoms with E-state index in [1.165, 1.54) is 52.1 Å². The summed E-state index contributed by atoms with van der Waals surface area (Å²) in [7, 11) is 0. The summed E-state index contributed by atoms with van der Waals surface area (Å²) < 4.78 is 85.5. The molecule has 0 bridgehead atoms. The molecule has 0 aliphatic heterocycles. The van der Waals surface area contributed by atoms with Crippen LogP contribution in [0, 0.1) is 0 Å². The maximum atomic E-state index is 13.7. The number of hydrogen-bond donors (Lipinski definition) is 0. The van der Waals surface area contributed by atoms with Crippen molar-refractivity contribution in [3.8, 4) is 17.2 Å². The average Bonchev–Trinajstić information content (AvgIpc) is 3.03. The van der Waals surface area contributed by atoms with Crippen molar-refractivity contribution >= 4 is 16.9 Å². The normalized spacial score (nSPS) is 11.8. The van der Waals surface area contributed by atoms with E-state index < -0.39 is 30.5 Å². The third-order valence-corrected chi connectivity index (χ3v) is 6.78. The lowest BCUT2D eigenvalue weighted by atomic mass is 10.1. The maximum absolute atomic E-state index is 13.7. The number of amides is 1. The molecule has 3 aromatic heterocycles. The van der Waals surface area contributed by atoms with Gasteiger partial charge in [-0.05, 0) is 65.7 Å². The molecule has 5 aromatic rings. The standard InChI is InChI=1S/C32H25F6N5O4/c33-31(34,35)20-46-24-11-7-23(8-12-24)43-27(41-29-26(30(43)45)4-2-15-40-29)13-16-42(19-22-3-1-14-39-18-22)28(44)17-21-5-9-25(10-6-21)47-32(36,37)38/h1-12,14-15,18H,13,16-17,19-20H2. The number of alkyl halides is 6. The van der Waals surface area contributed by atoms with Crippen LogP contribution >= 0.6 is 0 Å². The number of carbonyl (C=O) groups is 1. The first-order valence-corrected chi connectivity index (χ1v) is 14.0. The van der Waals surface area contributed by atoms with Gasteiger partial charge in [0.15, 0.2) is 12.3 Å². The third-order valence-electron chi connectivity index (χ3n) is 6.78. The molecule has 3 heterocycles. The lowest BCUT2D eigenvalue weighted by Gasteiger charge is -2.24. The molecular formula is C32H25F6N5O4. The van der Waals surface area contributed by atoms with E-state index in [2.05, 4.69) is 19.7 Å². The van der Waals surface area contributed by atoms with Crippen molar-refractivity contribution in [3.63, 3.8) is 0 Å². The van der Waals surface area contributed by atoms with Gasteiger partial charge < -0.3 is 14.4 Å². The topological polar surface area (TPSA) is 99.4 Å². The summed E-state index contributed by atoms with van der Waals surface area (Å²) in [6, 6.07) is 17.0. The van der Waals surface area contributed by atoms with Gasteiger partial charge in [0.1, 0.15) is 17.3 Å². The highest BCUT2D eigenvalue weighted by molar-refractivity contribution is 5.79. The molecule has 244 valence electrons. The molecule has 5 rings (SSSR count). The van der Waals surface area contributed by atoms with Gasteiger partial charge in [0.2, 0.25) is 5.91 Å². The SMILES string of the molecule is O=C(Cc1ccc(OC(F)(F)F)cc1)N(CCc1nc2ncccc2c(=O)n1-c1ccc(OCC(F)(F)F)cc1)Cc1cccnc1. The number of ether oxygens (including phenoxy) is 2. The number of pyridine rings is 2. The van der Waals surface area contributed by atoms with Crippen molar-refractivity contribution in [3.05, 3.63) is 119 Å². The van der Waals surface area contributed by atoms with Gasteiger partial charge in [-0.2, -0.15) is 13.2 Å². The van der Waals surface area contributed by atoms with E-state index in [9.17, 15) is 35.9 Å². The Morgan fingerprint density at radius 2 is 1.55 bits per heavy atom. The van der Waals surface area contributed by atoms with Gasteiger partial charge in [0, 0.05) is 38.1 Å². The highest BCUT2D eigenvalue weighted by Gasteiger charge is 2.31. The van der Waals surface area contributed by atoms with Crippen LogP contribution in [0.2, 0.25) is 0 Å². The Balaban J connectivity index is 1.42. The van der Waals surface area contributed by atoms with Crippen molar-refractivity contribution in [2.75, 3.05) is 13.2 Å². The fourth-order valence-electron chi connectivity index (χ4n) is 4.69. The van der Waals surface area contributed by atoms with Crippen LogP contribution in [0.15, 0.2) is 96.2 Å². The van der Waals surface area contributed by atoms with E-state index in [-0.39, 0.29) is 54.4 Å². The second-order valence-electron chi connectivity index (χ2n) is 10.2. The van der Waals surface area contributed by atoms with Crippen LogP contribution in [0.4, 0.5) is 26.3 Å². The highest BCUT2D eigenvalue weighted by atomic mass is 19.4. The largest absolute Gasteiger partial charge is 0.573 e. The number of rotatable bonds is 11. The Hall–Kier alpha value is -5.47. The fourth-order valence-corrected chi connectivity index (χ4v) is 4.69. The van der Waals surface area contributed by atoms with Crippen LogP contribution in [-0.2, 0) is 24.2 Å². The maximum Gasteiger partial charge on any atom is 0.573 e. The first kappa shape index (κ1) is 32.9. The lowest BCUT2D eigenvalue weighted by Crippen LogP contribution is -2.35. The van der Waals surface area contributed by atoms with E-state index in [1.807, 2.05) is 0 Å². The van der Waals surface area contributed by atoms with Crippen molar-refractivity contribution in [2.24, 2.45) is 0 Å². The quantitative estimate of drug-likeness (QED) is 0.165. The van der Waals surface area contributed by atoms with Gasteiger partial charge in [-0.3, -0.25) is 19.1 Å². The number of carbonyl (C=O) groups excluding carboxylic acids is 1. The van der Waals surface area contributed by atoms with Crippen LogP contribution in [0.25, 0.3) is 16.7 Å². The van der Waals surface area contributed by atoms with E-state index >= 15 is 0 Å². The molecule has 0 radical (unpaired) electrons. The second kappa shape index (κ2) is 13.9. The smallest absolute Gasteiger partial charge is 0.484 e. The van der Waals surface area contributed by atoms with Gasteiger partial charge in [0.05, 0.1) is 17.5 Å². The molecule has 9 nitrogen and oxygen atoms in total. The van der Waals surface area contributed by atoms with Crippen LogP contribution < -0.4 is 15.0 Å². The Morgan fingerprint density at radius 3 is 2.21 bits per heavy atom. The third kappa shape index (κ3) is 9.05. The lowest BCUT2D eigenvalue weighted by molar-refractivity contribution is -0.274. The summed E-state index contributed by atoms with van der Waals surface area (Å²) in [4.78, 5) is 41.6. The first-order chi connectivity index (χ1) is 22.3. The summed E-state index contributed by atoms with van der Waals surface area (Å²) >= 11 is 0. The molecule has 0 fully saturated rings. The Labute approximate surface area is 263 Å². The molecule has 2 aromatic carbocycles. The second-order valence-corrected chi connectivity index (χ2v) is 10.2. The average molecular weight is 658 g/mol. The predicted molar refractivity (Wildman–Crippen MR) is 157 cm³/mol. The molecule has 1 amide bonds. The zero-order valence-corrected chi connectivity index (χ0v) is 24.3. The monoisotopic (exact) mass is 657 g/mol. The molecule has 0 saturated carbocycles. The predicted octanol–water partition coefficient (Wildman–Crippen LogP) is 5.83. The van der Waals surface area contributed by atoms with E-state index in [0.717, 1.165) is 12.1 Å². The highest BCUT2D eigenvalue weighted by Crippen LogP contribution is 2.24. The number of fused-ring (bicyclic) bond motifs is 1. The fraction of sp³-hybridized carbons (Fsp3) is 0.219. The minimum atomic E-state index is -4.85. The summed E-state index contributed by atoms with van der Waals surface area (Å²) in [5.74, 6) is -0.614. The van der Waals surface area contributed by atoms with Gasteiger partial charge in [0.25, 0.3) is 5.56 Å². The van der Waals surface area contributed by atoms with Gasteiger partial charge in [-0.15, -0.1) is 13.2 Å². The summed E-state index contributed by atoms with van der Waals surface area (Å²) in [5, 5.41) is 0.204. The molecule has 0 spiro atoms. The van der Waals surface area contributed by atoms with Crippen LogP contribution in [0.5, 0.6) is 11.5 Å². The minimum Gasteiger partial charge on any atom is -0.484 e. The Bertz CT molecular complexity index is 1880. The first-order valence-electron chi connectivity index (χ1n) is 14.0. The zero-order chi connectivity index (χ0) is 33.6. The number of halogens is 6. The van der Waals surface area contributed by atoms with Gasteiger partial charge in [-0.1, -0.05) is 18.2 Å². The van der Waals surface area contributed by atoms with Crippen molar-refractivity contribution in [1.29, 1.82) is 0 Å².